The quantitative estimate of drug-likeness (QED) is 0.630. The molecule has 1 fully saturated rings. The Morgan fingerprint density at radius 2 is 1.77 bits per heavy atom. The van der Waals surface area contributed by atoms with Crippen molar-refractivity contribution in [1.29, 1.82) is 0 Å². The van der Waals surface area contributed by atoms with E-state index >= 15 is 0 Å². The first kappa shape index (κ1) is 22.1. The van der Waals surface area contributed by atoms with Gasteiger partial charge in [0.1, 0.15) is 23.5 Å². The van der Waals surface area contributed by atoms with Crippen LogP contribution in [0.2, 0.25) is 0 Å². The van der Waals surface area contributed by atoms with Gasteiger partial charge in [-0.3, -0.25) is 19.2 Å². The molecule has 0 saturated carbocycles. The molecule has 1 aromatic rings. The van der Waals surface area contributed by atoms with E-state index in [4.69, 9.17) is 5.11 Å². The van der Waals surface area contributed by atoms with E-state index in [0.717, 1.165) is 5.56 Å². The lowest BCUT2D eigenvalue weighted by Crippen LogP contribution is -2.59. The molecule has 1 saturated heterocycles. The van der Waals surface area contributed by atoms with Gasteiger partial charge in [-0.15, -0.1) is 11.8 Å². The number of hydrogen-bond acceptors (Lipinski definition) is 5. The van der Waals surface area contributed by atoms with E-state index in [1.807, 2.05) is 26.0 Å². The maximum absolute atomic E-state index is 13.3. The van der Waals surface area contributed by atoms with Crippen LogP contribution in [0.4, 0.5) is 0 Å². The molecule has 30 heavy (non-hydrogen) atoms. The summed E-state index contributed by atoms with van der Waals surface area (Å²) >= 11 is 1.55. The van der Waals surface area contributed by atoms with E-state index in [1.54, 1.807) is 42.6 Å². The Bertz CT molecular complexity index is 900. The van der Waals surface area contributed by atoms with Crippen LogP contribution >= 0.6 is 11.8 Å². The van der Waals surface area contributed by atoms with E-state index in [-0.39, 0.29) is 17.2 Å². The van der Waals surface area contributed by atoms with Crippen LogP contribution in [0.1, 0.15) is 55.9 Å². The number of aliphatic carboxylic acids is 1. The maximum Gasteiger partial charge on any atom is 0.325 e. The molecule has 3 N–H and O–H groups in total. The topological polar surface area (TPSA) is 116 Å². The van der Waals surface area contributed by atoms with Crippen LogP contribution in [-0.2, 0) is 14.4 Å². The summed E-state index contributed by atoms with van der Waals surface area (Å²) in [6.07, 6.45) is 0. The minimum absolute atomic E-state index is 0.195. The van der Waals surface area contributed by atoms with Crippen LogP contribution in [0.25, 0.3) is 0 Å². The third-order valence-electron chi connectivity index (χ3n) is 5.52. The van der Waals surface area contributed by atoms with Gasteiger partial charge in [0.15, 0.2) is 0 Å². The van der Waals surface area contributed by atoms with Gasteiger partial charge >= 0.3 is 5.97 Å². The molecule has 3 amide bonds. The summed E-state index contributed by atoms with van der Waals surface area (Å²) in [4.78, 5) is 51.6. The van der Waals surface area contributed by atoms with Crippen molar-refractivity contribution in [3.8, 4) is 0 Å². The van der Waals surface area contributed by atoms with Crippen molar-refractivity contribution in [2.24, 2.45) is 5.92 Å². The summed E-state index contributed by atoms with van der Waals surface area (Å²) in [5, 5.41) is 14.0. The van der Waals surface area contributed by atoms with E-state index in [2.05, 4.69) is 10.6 Å². The Hall–Kier alpha value is -2.55. The van der Waals surface area contributed by atoms with E-state index in [9.17, 15) is 19.2 Å². The highest BCUT2D eigenvalue weighted by Crippen LogP contribution is 2.56. The zero-order chi connectivity index (χ0) is 22.4. The molecule has 2 aliphatic heterocycles. The highest BCUT2D eigenvalue weighted by Gasteiger charge is 2.57. The molecule has 1 aromatic carbocycles. The van der Waals surface area contributed by atoms with Gasteiger partial charge in [-0.05, 0) is 38.3 Å². The first-order chi connectivity index (χ1) is 14.0. The molecule has 4 atom stereocenters. The van der Waals surface area contributed by atoms with Crippen molar-refractivity contribution in [3.63, 3.8) is 0 Å². The maximum atomic E-state index is 13.3. The van der Waals surface area contributed by atoms with Crippen molar-refractivity contribution >= 4 is 35.5 Å². The summed E-state index contributed by atoms with van der Waals surface area (Å²) in [5.74, 6) is -2.61. The fourth-order valence-corrected chi connectivity index (χ4v) is 5.53. The second kappa shape index (κ2) is 7.94. The number of nitrogens with zero attached hydrogens (tertiary/aromatic N) is 1. The van der Waals surface area contributed by atoms with Gasteiger partial charge in [0, 0.05) is 10.3 Å². The molecule has 0 aromatic heterocycles. The molecule has 3 rings (SSSR count). The SMILES string of the molecule is CC(C)[C@H](NC(=O)[C@@H]1N2C(=O)c3ccccc3[C@@H]2SC1(C)C)C(=O)N[C@H](C)C(=O)O. The van der Waals surface area contributed by atoms with Gasteiger partial charge < -0.3 is 20.6 Å². The molecule has 2 aliphatic rings. The van der Waals surface area contributed by atoms with Crippen LogP contribution in [0.3, 0.4) is 0 Å². The molecule has 9 heteroatoms. The first-order valence-corrected chi connectivity index (χ1v) is 10.8. The fourth-order valence-electron chi connectivity index (χ4n) is 3.94. The van der Waals surface area contributed by atoms with Gasteiger partial charge in [-0.25, -0.2) is 0 Å². The molecule has 8 nitrogen and oxygen atoms in total. The number of carboxylic acids is 1. The Labute approximate surface area is 179 Å². The standard InChI is InChI=1S/C21H27N3O5S/c1-10(2)14(16(25)22-11(3)20(28)29)23-17(26)15-21(4,5)30-19-13-9-7-6-8-12(13)18(27)24(15)19/h6-11,14-15,19H,1-5H3,(H,22,25)(H,23,26)(H,28,29)/t11-,14+,15+,19+/m1/s1. The third-order valence-corrected chi connectivity index (χ3v) is 7.06. The zero-order valence-corrected chi connectivity index (χ0v) is 18.4. The summed E-state index contributed by atoms with van der Waals surface area (Å²) in [6, 6.07) is 4.58. The van der Waals surface area contributed by atoms with Crippen molar-refractivity contribution in [3.05, 3.63) is 35.4 Å². The van der Waals surface area contributed by atoms with E-state index in [1.165, 1.54) is 6.92 Å². The normalized spacial score (nSPS) is 23.5. The lowest BCUT2D eigenvalue weighted by Gasteiger charge is -2.32. The summed E-state index contributed by atoms with van der Waals surface area (Å²) in [7, 11) is 0. The first-order valence-electron chi connectivity index (χ1n) is 9.88. The Balaban J connectivity index is 1.84. The summed E-state index contributed by atoms with van der Waals surface area (Å²) in [6.45, 7) is 8.72. The molecule has 0 spiro atoms. The number of rotatable bonds is 6. The number of amides is 3. The third kappa shape index (κ3) is 3.78. The Kier molecular flexibility index (Phi) is 5.86. The number of thioether (sulfide) groups is 1. The van der Waals surface area contributed by atoms with Gasteiger partial charge in [0.2, 0.25) is 11.8 Å². The fraction of sp³-hybridized carbons (Fsp3) is 0.524. The van der Waals surface area contributed by atoms with Gasteiger partial charge in [0.25, 0.3) is 5.91 Å². The van der Waals surface area contributed by atoms with Crippen molar-refractivity contribution in [1.82, 2.24) is 15.5 Å². The van der Waals surface area contributed by atoms with Crippen molar-refractivity contribution < 1.29 is 24.3 Å². The minimum atomic E-state index is -1.16. The highest BCUT2D eigenvalue weighted by molar-refractivity contribution is 8.01. The van der Waals surface area contributed by atoms with Crippen LogP contribution in [0, 0.1) is 5.92 Å². The van der Waals surface area contributed by atoms with Crippen LogP contribution in [-0.4, -0.2) is 56.6 Å². The molecule has 162 valence electrons. The molecule has 0 unspecified atom stereocenters. The van der Waals surface area contributed by atoms with Crippen LogP contribution in [0.15, 0.2) is 24.3 Å². The molecular formula is C21H27N3O5S. The second-order valence-corrected chi connectivity index (χ2v) is 10.3. The number of carboxylic acid groups (broad SMARTS) is 1. The molecule has 2 heterocycles. The summed E-state index contributed by atoms with van der Waals surface area (Å²) in [5.41, 5.74) is 1.49. The average Bonchev–Trinajstić information content (AvgIpc) is 3.09. The Morgan fingerprint density at radius 1 is 1.13 bits per heavy atom. The number of benzene rings is 1. The lowest BCUT2D eigenvalue weighted by molar-refractivity contribution is -0.142. The van der Waals surface area contributed by atoms with E-state index in [0.29, 0.717) is 5.56 Å². The van der Waals surface area contributed by atoms with Gasteiger partial charge in [-0.2, -0.15) is 0 Å². The predicted octanol–water partition coefficient (Wildman–Crippen LogP) is 1.77. The molecule has 0 aliphatic carbocycles. The van der Waals surface area contributed by atoms with Crippen molar-refractivity contribution in [2.45, 2.75) is 62.9 Å². The zero-order valence-electron chi connectivity index (χ0n) is 17.6. The van der Waals surface area contributed by atoms with E-state index < -0.39 is 40.7 Å². The number of carbonyl (C=O) groups is 4. The second-order valence-electron chi connectivity index (χ2n) is 8.57. The van der Waals surface area contributed by atoms with Crippen LogP contribution in [0.5, 0.6) is 0 Å². The minimum Gasteiger partial charge on any atom is -0.480 e. The average molecular weight is 434 g/mol. The number of carbonyl (C=O) groups excluding carboxylic acids is 3. The predicted molar refractivity (Wildman–Crippen MR) is 113 cm³/mol. The van der Waals surface area contributed by atoms with Gasteiger partial charge in [0.05, 0.1) is 0 Å². The number of nitrogens with one attached hydrogen (secondary N) is 2. The molecular weight excluding hydrogens is 406 g/mol. The largest absolute Gasteiger partial charge is 0.480 e. The Morgan fingerprint density at radius 3 is 2.37 bits per heavy atom. The highest BCUT2D eigenvalue weighted by atomic mass is 32.2. The lowest BCUT2D eigenvalue weighted by atomic mass is 9.98. The van der Waals surface area contributed by atoms with Crippen LogP contribution < -0.4 is 10.6 Å². The molecule has 0 radical (unpaired) electrons. The number of hydrogen-bond donors (Lipinski definition) is 3. The van der Waals surface area contributed by atoms with Gasteiger partial charge in [-0.1, -0.05) is 32.0 Å². The monoisotopic (exact) mass is 433 g/mol. The summed E-state index contributed by atoms with van der Waals surface area (Å²) < 4.78 is -0.565. The molecule has 0 bridgehead atoms. The van der Waals surface area contributed by atoms with Crippen molar-refractivity contribution in [2.75, 3.05) is 0 Å². The number of fused-ring (bicyclic) bond motifs is 3. The smallest absolute Gasteiger partial charge is 0.325 e.